The van der Waals surface area contributed by atoms with Gasteiger partial charge in [0.1, 0.15) is 11.7 Å². The summed E-state index contributed by atoms with van der Waals surface area (Å²) in [4.78, 5) is 43.4. The molecule has 2 fully saturated rings. The second-order valence-corrected chi connectivity index (χ2v) is 11.0. The lowest BCUT2D eigenvalue weighted by Crippen LogP contribution is -2.50. The molecule has 1 spiro atoms. The molecular weight excluding hydrogens is 460 g/mol. The quantitative estimate of drug-likeness (QED) is 0.593. The van der Waals surface area contributed by atoms with Crippen LogP contribution in [0.3, 0.4) is 0 Å². The second kappa shape index (κ2) is 9.49. The van der Waals surface area contributed by atoms with Crippen LogP contribution in [0, 0.1) is 5.41 Å². The van der Waals surface area contributed by atoms with Crippen molar-refractivity contribution in [3.63, 3.8) is 0 Å². The number of para-hydroxylation sites is 1. The molecule has 5 rings (SSSR count). The molecule has 2 aliphatic heterocycles. The van der Waals surface area contributed by atoms with Gasteiger partial charge in [-0.05, 0) is 48.3 Å². The SMILES string of the molecule is CC(=O)N[C@@H](Cc1cccs1)C(=O)N1CCC2(CCN(C(=O)c3cc4ccccc4n3C)CC2)C1. The Hall–Kier alpha value is -3.13. The van der Waals surface area contributed by atoms with Gasteiger partial charge in [-0.1, -0.05) is 24.3 Å². The molecule has 1 atom stereocenters. The number of carbonyl (C=O) groups is 3. The van der Waals surface area contributed by atoms with Gasteiger partial charge in [0.2, 0.25) is 11.8 Å². The van der Waals surface area contributed by atoms with Crippen LogP contribution >= 0.6 is 11.3 Å². The summed E-state index contributed by atoms with van der Waals surface area (Å²) in [5.41, 5.74) is 1.83. The maximum atomic E-state index is 13.4. The van der Waals surface area contributed by atoms with Gasteiger partial charge < -0.3 is 19.7 Å². The lowest BCUT2D eigenvalue weighted by molar-refractivity contribution is -0.135. The molecule has 0 bridgehead atoms. The number of rotatable bonds is 5. The summed E-state index contributed by atoms with van der Waals surface area (Å²) in [5.74, 6) is -0.111. The predicted molar refractivity (Wildman–Crippen MR) is 137 cm³/mol. The van der Waals surface area contributed by atoms with E-state index in [0.29, 0.717) is 32.6 Å². The molecule has 1 aromatic carbocycles. The lowest BCUT2D eigenvalue weighted by Gasteiger charge is -2.39. The average molecular weight is 493 g/mol. The van der Waals surface area contributed by atoms with Crippen molar-refractivity contribution in [1.82, 2.24) is 19.7 Å². The maximum Gasteiger partial charge on any atom is 0.270 e. The molecule has 0 radical (unpaired) electrons. The van der Waals surface area contributed by atoms with Gasteiger partial charge in [0, 0.05) is 62.4 Å². The molecule has 2 aromatic heterocycles. The van der Waals surface area contributed by atoms with Crippen LogP contribution in [0.4, 0.5) is 0 Å². The Morgan fingerprint density at radius 1 is 1.03 bits per heavy atom. The van der Waals surface area contributed by atoms with Crippen LogP contribution in [0.15, 0.2) is 47.8 Å². The van der Waals surface area contributed by atoms with Crippen LogP contribution < -0.4 is 5.32 Å². The Balaban J connectivity index is 1.22. The smallest absolute Gasteiger partial charge is 0.270 e. The van der Waals surface area contributed by atoms with E-state index in [-0.39, 0.29) is 23.1 Å². The van der Waals surface area contributed by atoms with E-state index in [0.717, 1.165) is 40.7 Å². The van der Waals surface area contributed by atoms with Crippen molar-refractivity contribution in [2.24, 2.45) is 12.5 Å². The predicted octanol–water partition coefficient (Wildman–Crippen LogP) is 3.44. The topological polar surface area (TPSA) is 74.7 Å². The minimum absolute atomic E-state index is 0.000480. The van der Waals surface area contributed by atoms with E-state index < -0.39 is 6.04 Å². The Kier molecular flexibility index (Phi) is 6.40. The summed E-state index contributed by atoms with van der Waals surface area (Å²) in [6.07, 6.45) is 3.25. The zero-order chi connectivity index (χ0) is 24.6. The summed E-state index contributed by atoms with van der Waals surface area (Å²) in [7, 11) is 1.95. The zero-order valence-corrected chi connectivity index (χ0v) is 21.1. The minimum Gasteiger partial charge on any atom is -0.344 e. The van der Waals surface area contributed by atoms with Crippen LogP contribution in [0.25, 0.3) is 10.9 Å². The highest BCUT2D eigenvalue weighted by Crippen LogP contribution is 2.41. The van der Waals surface area contributed by atoms with E-state index >= 15 is 0 Å². The fourth-order valence-electron chi connectivity index (χ4n) is 5.67. The number of carbonyl (C=O) groups excluding carboxylic acids is 3. The first-order chi connectivity index (χ1) is 16.8. The first-order valence-electron chi connectivity index (χ1n) is 12.3. The molecule has 8 heteroatoms. The highest BCUT2D eigenvalue weighted by molar-refractivity contribution is 7.09. The third-order valence-electron chi connectivity index (χ3n) is 7.69. The molecule has 2 saturated heterocycles. The second-order valence-electron chi connectivity index (χ2n) is 9.99. The summed E-state index contributed by atoms with van der Waals surface area (Å²) in [6, 6.07) is 13.5. The number of amides is 3. The van der Waals surface area contributed by atoms with Crippen LogP contribution in [0.5, 0.6) is 0 Å². The van der Waals surface area contributed by atoms with Gasteiger partial charge in [-0.3, -0.25) is 14.4 Å². The average Bonchev–Trinajstić information content (AvgIpc) is 3.58. The van der Waals surface area contributed by atoms with Crippen molar-refractivity contribution >= 4 is 40.0 Å². The van der Waals surface area contributed by atoms with Crippen LogP contribution in [0.1, 0.15) is 41.6 Å². The fraction of sp³-hybridized carbons (Fsp3) is 0.444. The van der Waals surface area contributed by atoms with Crippen molar-refractivity contribution in [1.29, 1.82) is 0 Å². The highest BCUT2D eigenvalue weighted by Gasteiger charge is 2.44. The number of nitrogens with zero attached hydrogens (tertiary/aromatic N) is 3. The van der Waals surface area contributed by atoms with Gasteiger partial charge >= 0.3 is 0 Å². The standard InChI is InChI=1S/C27H32N4O3S/c1-19(32)28-22(17-21-7-5-15-35-21)25(33)31-14-11-27(18-31)9-12-30(13-10-27)26(34)24-16-20-6-3-4-8-23(20)29(24)2/h3-8,15-16,22H,9-14,17-18H2,1-2H3,(H,28,32)/t22-/m0/s1. The number of piperidine rings is 1. The number of aryl methyl sites for hydroxylation is 1. The van der Waals surface area contributed by atoms with Crippen molar-refractivity contribution < 1.29 is 14.4 Å². The molecule has 184 valence electrons. The van der Waals surface area contributed by atoms with Crippen LogP contribution in [-0.4, -0.2) is 64.3 Å². The summed E-state index contributed by atoms with van der Waals surface area (Å²) < 4.78 is 1.98. The largest absolute Gasteiger partial charge is 0.344 e. The molecule has 35 heavy (non-hydrogen) atoms. The third kappa shape index (κ3) is 4.72. The molecule has 3 aromatic rings. The first-order valence-corrected chi connectivity index (χ1v) is 13.2. The van der Waals surface area contributed by atoms with Gasteiger partial charge in [0.05, 0.1) is 0 Å². The molecular formula is C27H32N4O3S. The van der Waals surface area contributed by atoms with E-state index in [1.165, 1.54) is 6.92 Å². The zero-order valence-electron chi connectivity index (χ0n) is 20.3. The third-order valence-corrected chi connectivity index (χ3v) is 8.59. The summed E-state index contributed by atoms with van der Waals surface area (Å²) in [5, 5.41) is 5.93. The van der Waals surface area contributed by atoms with Gasteiger partial charge in [-0.2, -0.15) is 0 Å². The minimum atomic E-state index is -0.533. The number of likely N-dealkylation sites (tertiary alicyclic amines) is 2. The molecule has 0 aliphatic carbocycles. The molecule has 0 unspecified atom stereocenters. The van der Waals surface area contributed by atoms with Crippen LogP contribution in [-0.2, 0) is 23.1 Å². The number of nitrogens with one attached hydrogen (secondary N) is 1. The highest BCUT2D eigenvalue weighted by atomic mass is 32.1. The van der Waals surface area contributed by atoms with Crippen molar-refractivity contribution in [2.45, 2.75) is 38.6 Å². The fourth-order valence-corrected chi connectivity index (χ4v) is 6.42. The molecule has 2 aliphatic rings. The van der Waals surface area contributed by atoms with Crippen LogP contribution in [0.2, 0.25) is 0 Å². The van der Waals surface area contributed by atoms with Gasteiger partial charge in [-0.25, -0.2) is 0 Å². The van der Waals surface area contributed by atoms with E-state index in [4.69, 9.17) is 0 Å². The Bertz CT molecular complexity index is 1240. The molecule has 7 nitrogen and oxygen atoms in total. The Morgan fingerprint density at radius 2 is 1.74 bits per heavy atom. The Labute approximate surface area is 209 Å². The van der Waals surface area contributed by atoms with Gasteiger partial charge in [0.25, 0.3) is 5.91 Å². The summed E-state index contributed by atoms with van der Waals surface area (Å²) in [6.45, 7) is 4.26. The normalized spacial score (nSPS) is 18.2. The van der Waals surface area contributed by atoms with Crippen molar-refractivity contribution in [2.75, 3.05) is 26.2 Å². The molecule has 3 amide bonds. The maximum absolute atomic E-state index is 13.4. The Morgan fingerprint density at radius 3 is 2.40 bits per heavy atom. The number of hydrogen-bond donors (Lipinski definition) is 1. The van der Waals surface area contributed by atoms with E-state index in [1.807, 2.05) is 69.3 Å². The first kappa shape index (κ1) is 23.6. The number of fused-ring (bicyclic) bond motifs is 1. The lowest BCUT2D eigenvalue weighted by atomic mass is 9.77. The number of hydrogen-bond acceptors (Lipinski definition) is 4. The number of benzene rings is 1. The van der Waals surface area contributed by atoms with Crippen molar-refractivity contribution in [3.05, 3.63) is 58.4 Å². The molecule has 0 saturated carbocycles. The number of thiophene rings is 1. The van der Waals surface area contributed by atoms with E-state index in [9.17, 15) is 14.4 Å². The summed E-state index contributed by atoms with van der Waals surface area (Å²) >= 11 is 1.60. The number of aromatic nitrogens is 1. The van der Waals surface area contributed by atoms with Crippen molar-refractivity contribution in [3.8, 4) is 0 Å². The van der Waals surface area contributed by atoms with Gasteiger partial charge in [-0.15, -0.1) is 11.3 Å². The van der Waals surface area contributed by atoms with Gasteiger partial charge in [0.15, 0.2) is 0 Å². The molecule has 1 N–H and O–H groups in total. The van der Waals surface area contributed by atoms with E-state index in [1.54, 1.807) is 11.3 Å². The monoisotopic (exact) mass is 492 g/mol. The van der Waals surface area contributed by atoms with E-state index in [2.05, 4.69) is 5.32 Å². The molecule has 4 heterocycles.